The number of aromatic nitrogens is 2. The summed E-state index contributed by atoms with van der Waals surface area (Å²) in [6.07, 6.45) is 1.78. The van der Waals surface area contributed by atoms with Crippen molar-refractivity contribution < 1.29 is 8.42 Å². The summed E-state index contributed by atoms with van der Waals surface area (Å²) in [5, 5.41) is 11.1. The van der Waals surface area contributed by atoms with E-state index < -0.39 is 10.0 Å². The van der Waals surface area contributed by atoms with Crippen LogP contribution in [0.2, 0.25) is 0 Å². The molecular formula is C14H20N4O2S2. The zero-order valence-corrected chi connectivity index (χ0v) is 14.5. The largest absolute Gasteiger partial charge is 0.366 e. The van der Waals surface area contributed by atoms with Gasteiger partial charge < -0.3 is 5.32 Å². The van der Waals surface area contributed by atoms with E-state index in [0.29, 0.717) is 5.82 Å². The maximum absolute atomic E-state index is 12.3. The molecule has 0 spiro atoms. The van der Waals surface area contributed by atoms with Crippen molar-refractivity contribution in [1.82, 2.24) is 10.2 Å². The Kier molecular flexibility index (Phi) is 5.36. The topological polar surface area (TPSA) is 84.0 Å². The molecule has 22 heavy (non-hydrogen) atoms. The molecule has 0 amide bonds. The van der Waals surface area contributed by atoms with Crippen LogP contribution in [-0.2, 0) is 16.4 Å². The predicted octanol–water partition coefficient (Wildman–Crippen LogP) is 3.11. The van der Waals surface area contributed by atoms with Crippen molar-refractivity contribution in [2.75, 3.05) is 10.0 Å². The van der Waals surface area contributed by atoms with Crippen molar-refractivity contribution in [2.45, 2.75) is 43.9 Å². The van der Waals surface area contributed by atoms with Crippen molar-refractivity contribution in [3.8, 4) is 0 Å². The molecule has 0 aromatic carbocycles. The van der Waals surface area contributed by atoms with Crippen molar-refractivity contribution in [3.63, 3.8) is 0 Å². The van der Waals surface area contributed by atoms with Gasteiger partial charge in [-0.05, 0) is 44.0 Å². The van der Waals surface area contributed by atoms with Gasteiger partial charge in [0.25, 0.3) is 10.0 Å². The second kappa shape index (κ2) is 7.06. The molecule has 2 rings (SSSR count). The summed E-state index contributed by atoms with van der Waals surface area (Å²) in [5.41, 5.74) is 0. The molecule has 0 radical (unpaired) electrons. The number of aryl methyl sites for hydroxylation is 1. The minimum atomic E-state index is -3.60. The van der Waals surface area contributed by atoms with Crippen LogP contribution in [0.25, 0.3) is 0 Å². The van der Waals surface area contributed by atoms with Gasteiger partial charge in [0.2, 0.25) is 0 Å². The van der Waals surface area contributed by atoms with Crippen LogP contribution in [0.5, 0.6) is 0 Å². The molecule has 120 valence electrons. The van der Waals surface area contributed by atoms with Crippen LogP contribution in [0.3, 0.4) is 0 Å². The van der Waals surface area contributed by atoms with Crippen LogP contribution in [0.4, 0.5) is 11.6 Å². The number of nitrogens with zero attached hydrogens (tertiary/aromatic N) is 2. The number of thiophene rings is 1. The molecule has 1 atom stereocenters. The minimum Gasteiger partial charge on any atom is -0.366 e. The summed E-state index contributed by atoms with van der Waals surface area (Å²) in [4.78, 5) is 1.03. The molecule has 2 heterocycles. The number of sulfonamides is 1. The van der Waals surface area contributed by atoms with E-state index in [4.69, 9.17) is 0 Å². The maximum atomic E-state index is 12.3. The molecule has 0 aliphatic heterocycles. The second-order valence-corrected chi connectivity index (χ2v) is 8.01. The first-order valence-corrected chi connectivity index (χ1v) is 9.46. The number of hydrogen-bond acceptors (Lipinski definition) is 6. The highest BCUT2D eigenvalue weighted by atomic mass is 32.2. The zero-order valence-electron chi connectivity index (χ0n) is 12.8. The van der Waals surface area contributed by atoms with E-state index in [2.05, 4.69) is 27.2 Å². The lowest BCUT2D eigenvalue weighted by Gasteiger charge is -2.11. The molecule has 6 nitrogen and oxygen atoms in total. The lowest BCUT2D eigenvalue weighted by Crippen LogP contribution is -2.16. The summed E-state index contributed by atoms with van der Waals surface area (Å²) in [6.45, 7) is 6.10. The summed E-state index contributed by atoms with van der Waals surface area (Å²) >= 11 is 1.26. The molecule has 0 saturated carbocycles. The lowest BCUT2D eigenvalue weighted by atomic mass is 10.2. The first-order chi connectivity index (χ1) is 10.4. The third-order valence-corrected chi connectivity index (χ3v) is 6.24. The average Bonchev–Trinajstić information content (AvgIpc) is 2.99. The van der Waals surface area contributed by atoms with Gasteiger partial charge in [-0.15, -0.1) is 21.5 Å². The van der Waals surface area contributed by atoms with Gasteiger partial charge in [-0.1, -0.05) is 13.8 Å². The molecule has 2 aromatic heterocycles. The summed E-state index contributed by atoms with van der Waals surface area (Å²) in [6, 6.07) is 7.03. The Hall–Kier alpha value is -1.67. The molecule has 2 aromatic rings. The van der Waals surface area contributed by atoms with Gasteiger partial charge in [-0.25, -0.2) is 8.42 Å². The Balaban J connectivity index is 2.09. The Morgan fingerprint density at radius 3 is 2.36 bits per heavy atom. The first-order valence-electron chi connectivity index (χ1n) is 7.16. The zero-order chi connectivity index (χ0) is 16.2. The summed E-state index contributed by atoms with van der Waals surface area (Å²) < 4.78 is 27.2. The fourth-order valence-electron chi connectivity index (χ4n) is 1.70. The highest BCUT2D eigenvalue weighted by Crippen LogP contribution is 2.23. The third-order valence-electron chi connectivity index (χ3n) is 3.16. The Morgan fingerprint density at radius 2 is 1.82 bits per heavy atom. The van der Waals surface area contributed by atoms with Crippen LogP contribution >= 0.6 is 11.3 Å². The molecule has 2 N–H and O–H groups in total. The molecule has 0 aliphatic carbocycles. The van der Waals surface area contributed by atoms with E-state index in [-0.39, 0.29) is 16.1 Å². The first kappa shape index (κ1) is 16.7. The Bertz CT molecular complexity index is 711. The summed E-state index contributed by atoms with van der Waals surface area (Å²) in [7, 11) is -3.60. The smallest absolute Gasteiger partial charge is 0.272 e. The normalized spacial score (nSPS) is 12.9. The third kappa shape index (κ3) is 4.17. The van der Waals surface area contributed by atoms with E-state index >= 15 is 0 Å². The monoisotopic (exact) mass is 340 g/mol. The average molecular weight is 340 g/mol. The van der Waals surface area contributed by atoms with Gasteiger partial charge in [0.15, 0.2) is 5.82 Å². The molecule has 8 heteroatoms. The highest BCUT2D eigenvalue weighted by Gasteiger charge is 2.17. The maximum Gasteiger partial charge on any atom is 0.272 e. The van der Waals surface area contributed by atoms with Crippen LogP contribution in [0.1, 0.15) is 32.1 Å². The number of anilines is 2. The van der Waals surface area contributed by atoms with Gasteiger partial charge in [0.05, 0.1) is 0 Å². The van der Waals surface area contributed by atoms with Gasteiger partial charge in [0, 0.05) is 10.9 Å². The standard InChI is InChI=1S/C14H20N4O2S2/c1-4-10(3)15-12-7-8-13(17-16-12)18-22(19,20)14-9-6-11(5-2)21-14/h6-10H,4-5H2,1-3H3,(H,15,16)(H,17,18). The van der Waals surface area contributed by atoms with Crippen molar-refractivity contribution in [1.29, 1.82) is 0 Å². The lowest BCUT2D eigenvalue weighted by molar-refractivity contribution is 0.603. The van der Waals surface area contributed by atoms with E-state index in [1.165, 1.54) is 11.3 Å². The van der Waals surface area contributed by atoms with Crippen LogP contribution < -0.4 is 10.0 Å². The van der Waals surface area contributed by atoms with E-state index in [1.54, 1.807) is 18.2 Å². The van der Waals surface area contributed by atoms with E-state index in [0.717, 1.165) is 17.7 Å². The second-order valence-electron chi connectivity index (χ2n) is 4.94. The quantitative estimate of drug-likeness (QED) is 0.809. The number of hydrogen-bond donors (Lipinski definition) is 2. The SMILES string of the molecule is CCc1ccc(S(=O)(=O)Nc2ccc(NC(C)CC)nn2)s1. The molecule has 0 fully saturated rings. The molecule has 0 saturated heterocycles. The molecule has 0 bridgehead atoms. The predicted molar refractivity (Wildman–Crippen MR) is 89.9 cm³/mol. The van der Waals surface area contributed by atoms with Crippen molar-refractivity contribution in [3.05, 3.63) is 29.1 Å². The van der Waals surface area contributed by atoms with E-state index in [1.807, 2.05) is 19.9 Å². The van der Waals surface area contributed by atoms with Crippen LogP contribution in [0.15, 0.2) is 28.5 Å². The molecule has 1 unspecified atom stereocenters. The van der Waals surface area contributed by atoms with Gasteiger partial charge >= 0.3 is 0 Å². The van der Waals surface area contributed by atoms with Crippen molar-refractivity contribution in [2.24, 2.45) is 0 Å². The number of nitrogens with one attached hydrogen (secondary N) is 2. The van der Waals surface area contributed by atoms with Crippen LogP contribution in [0, 0.1) is 0 Å². The van der Waals surface area contributed by atoms with Gasteiger partial charge in [0.1, 0.15) is 10.0 Å². The summed E-state index contributed by atoms with van der Waals surface area (Å²) in [5.74, 6) is 0.836. The van der Waals surface area contributed by atoms with Gasteiger partial charge in [-0.2, -0.15) is 0 Å². The molecular weight excluding hydrogens is 320 g/mol. The fourth-order valence-corrected chi connectivity index (χ4v) is 3.99. The molecule has 0 aliphatic rings. The number of rotatable bonds is 7. The Morgan fingerprint density at radius 1 is 1.14 bits per heavy atom. The fraction of sp³-hybridized carbons (Fsp3) is 0.429. The van der Waals surface area contributed by atoms with Gasteiger partial charge in [-0.3, -0.25) is 4.72 Å². The Labute approximate surface area is 135 Å². The van der Waals surface area contributed by atoms with Crippen LogP contribution in [-0.4, -0.2) is 24.7 Å². The minimum absolute atomic E-state index is 0.209. The van der Waals surface area contributed by atoms with E-state index in [9.17, 15) is 8.42 Å². The van der Waals surface area contributed by atoms with Crippen molar-refractivity contribution >= 4 is 33.0 Å². The highest BCUT2D eigenvalue weighted by molar-refractivity contribution is 7.94.